The van der Waals surface area contributed by atoms with Crippen molar-refractivity contribution in [3.05, 3.63) is 48.0 Å². The molecule has 1 fully saturated rings. The minimum absolute atomic E-state index is 0.0194. The maximum Gasteiger partial charge on any atom is 0.248 e. The number of carbonyl (C=O) groups excluding carboxylic acids is 1. The van der Waals surface area contributed by atoms with Crippen molar-refractivity contribution >= 4 is 5.91 Å². The maximum absolute atomic E-state index is 13.4. The smallest absolute Gasteiger partial charge is 0.248 e. The van der Waals surface area contributed by atoms with Crippen molar-refractivity contribution in [2.24, 2.45) is 0 Å². The molecule has 3 rings (SSSR count). The van der Waals surface area contributed by atoms with E-state index in [0.29, 0.717) is 24.5 Å². The SMILES string of the molecule is CCOCC(=O)N1CCC[C@H](c2ccnc(-c3cccc(F)c3)n2)C1. The largest absolute Gasteiger partial charge is 0.372 e. The number of halogens is 1. The predicted octanol–water partition coefficient (Wildman–Crippen LogP) is 3.03. The molecule has 0 saturated carbocycles. The van der Waals surface area contributed by atoms with Gasteiger partial charge in [0.15, 0.2) is 5.82 Å². The van der Waals surface area contributed by atoms with Gasteiger partial charge in [-0.2, -0.15) is 0 Å². The van der Waals surface area contributed by atoms with Crippen LogP contribution in [0.5, 0.6) is 0 Å². The molecule has 132 valence electrons. The highest BCUT2D eigenvalue weighted by Crippen LogP contribution is 2.27. The van der Waals surface area contributed by atoms with Gasteiger partial charge in [-0.1, -0.05) is 12.1 Å². The Morgan fingerprint density at radius 2 is 2.28 bits per heavy atom. The molecule has 1 aliphatic heterocycles. The van der Waals surface area contributed by atoms with Crippen molar-refractivity contribution < 1.29 is 13.9 Å². The first-order chi connectivity index (χ1) is 12.2. The average Bonchev–Trinajstić information content (AvgIpc) is 2.66. The number of nitrogens with zero attached hydrogens (tertiary/aromatic N) is 3. The minimum Gasteiger partial charge on any atom is -0.372 e. The Kier molecular flexibility index (Phi) is 5.71. The van der Waals surface area contributed by atoms with Gasteiger partial charge in [0.1, 0.15) is 12.4 Å². The Hall–Kier alpha value is -2.34. The Labute approximate surface area is 146 Å². The van der Waals surface area contributed by atoms with Crippen molar-refractivity contribution in [3.63, 3.8) is 0 Å². The summed E-state index contributed by atoms with van der Waals surface area (Å²) in [4.78, 5) is 22.9. The molecule has 0 unspecified atom stereocenters. The van der Waals surface area contributed by atoms with Gasteiger partial charge in [-0.05, 0) is 38.0 Å². The summed E-state index contributed by atoms with van der Waals surface area (Å²) in [7, 11) is 0. The van der Waals surface area contributed by atoms with Gasteiger partial charge in [0.2, 0.25) is 5.91 Å². The highest BCUT2D eigenvalue weighted by molar-refractivity contribution is 5.77. The summed E-state index contributed by atoms with van der Waals surface area (Å²) in [6.45, 7) is 3.92. The van der Waals surface area contributed by atoms with E-state index in [-0.39, 0.29) is 24.2 Å². The van der Waals surface area contributed by atoms with E-state index in [1.165, 1.54) is 12.1 Å². The number of piperidine rings is 1. The average molecular weight is 343 g/mol. The van der Waals surface area contributed by atoms with Crippen LogP contribution in [0.15, 0.2) is 36.5 Å². The quantitative estimate of drug-likeness (QED) is 0.837. The molecule has 0 spiro atoms. The third kappa shape index (κ3) is 4.39. The monoisotopic (exact) mass is 343 g/mol. The second-order valence-corrected chi connectivity index (χ2v) is 6.13. The predicted molar refractivity (Wildman–Crippen MR) is 92.5 cm³/mol. The van der Waals surface area contributed by atoms with Crippen molar-refractivity contribution in [2.45, 2.75) is 25.7 Å². The highest BCUT2D eigenvalue weighted by Gasteiger charge is 2.25. The topological polar surface area (TPSA) is 55.3 Å². The number of ether oxygens (including phenoxy) is 1. The van der Waals surface area contributed by atoms with Crippen molar-refractivity contribution in [3.8, 4) is 11.4 Å². The Morgan fingerprint density at radius 1 is 1.40 bits per heavy atom. The highest BCUT2D eigenvalue weighted by atomic mass is 19.1. The summed E-state index contributed by atoms with van der Waals surface area (Å²) in [6.07, 6.45) is 3.60. The van der Waals surface area contributed by atoms with Crippen LogP contribution in [0.1, 0.15) is 31.4 Å². The summed E-state index contributed by atoms with van der Waals surface area (Å²) < 4.78 is 18.7. The molecule has 1 aromatic heterocycles. The van der Waals surface area contributed by atoms with E-state index < -0.39 is 0 Å². The molecular formula is C19H22FN3O2. The fourth-order valence-electron chi connectivity index (χ4n) is 3.09. The van der Waals surface area contributed by atoms with Crippen LogP contribution in [0.2, 0.25) is 0 Å². The standard InChI is InChI=1S/C19H22FN3O2/c1-2-25-13-18(24)23-10-4-6-15(12-23)17-8-9-21-19(22-17)14-5-3-7-16(20)11-14/h3,5,7-9,11,15H,2,4,6,10,12-13H2,1H3/t15-/m0/s1. The summed E-state index contributed by atoms with van der Waals surface area (Å²) in [5, 5.41) is 0. The molecular weight excluding hydrogens is 321 g/mol. The summed E-state index contributed by atoms with van der Waals surface area (Å²) >= 11 is 0. The lowest BCUT2D eigenvalue weighted by atomic mass is 9.94. The molecule has 2 aromatic rings. The van der Waals surface area contributed by atoms with E-state index in [9.17, 15) is 9.18 Å². The summed E-state index contributed by atoms with van der Waals surface area (Å²) in [5.41, 5.74) is 1.55. The number of hydrogen-bond donors (Lipinski definition) is 0. The molecule has 1 saturated heterocycles. The van der Waals surface area contributed by atoms with Gasteiger partial charge < -0.3 is 9.64 Å². The number of carbonyl (C=O) groups is 1. The Bertz CT molecular complexity index is 738. The van der Waals surface area contributed by atoms with Crippen molar-refractivity contribution in [2.75, 3.05) is 26.3 Å². The fourth-order valence-corrected chi connectivity index (χ4v) is 3.09. The van der Waals surface area contributed by atoms with Gasteiger partial charge in [-0.3, -0.25) is 4.79 Å². The van der Waals surface area contributed by atoms with E-state index in [1.54, 1.807) is 18.3 Å². The van der Waals surface area contributed by atoms with Gasteiger partial charge in [-0.25, -0.2) is 14.4 Å². The van der Waals surface area contributed by atoms with Gasteiger partial charge in [0, 0.05) is 43.1 Å². The maximum atomic E-state index is 13.4. The molecule has 1 atom stereocenters. The van der Waals surface area contributed by atoms with Crippen LogP contribution in [0.25, 0.3) is 11.4 Å². The van der Waals surface area contributed by atoms with Gasteiger partial charge in [0.05, 0.1) is 0 Å². The number of hydrogen-bond acceptors (Lipinski definition) is 4. The number of aromatic nitrogens is 2. The van der Waals surface area contributed by atoms with Crippen LogP contribution < -0.4 is 0 Å². The third-order valence-electron chi connectivity index (χ3n) is 4.38. The van der Waals surface area contributed by atoms with E-state index in [0.717, 1.165) is 25.1 Å². The Morgan fingerprint density at radius 3 is 3.08 bits per heavy atom. The zero-order chi connectivity index (χ0) is 17.6. The lowest BCUT2D eigenvalue weighted by molar-refractivity contribution is -0.137. The van der Waals surface area contributed by atoms with E-state index in [1.807, 2.05) is 17.9 Å². The van der Waals surface area contributed by atoms with Gasteiger partial charge >= 0.3 is 0 Å². The normalized spacial score (nSPS) is 17.5. The summed E-state index contributed by atoms with van der Waals surface area (Å²) in [5.74, 6) is 0.382. The van der Waals surface area contributed by atoms with Crippen molar-refractivity contribution in [1.29, 1.82) is 0 Å². The molecule has 1 aliphatic rings. The van der Waals surface area contributed by atoms with Crippen LogP contribution in [-0.4, -0.2) is 47.1 Å². The minimum atomic E-state index is -0.308. The molecule has 0 aliphatic carbocycles. The van der Waals surface area contributed by atoms with Crippen LogP contribution >= 0.6 is 0 Å². The molecule has 2 heterocycles. The molecule has 6 heteroatoms. The molecule has 25 heavy (non-hydrogen) atoms. The van der Waals surface area contributed by atoms with Crippen LogP contribution in [0, 0.1) is 5.82 Å². The second kappa shape index (κ2) is 8.16. The first-order valence-corrected chi connectivity index (χ1v) is 8.61. The molecule has 5 nitrogen and oxygen atoms in total. The molecule has 0 N–H and O–H groups in total. The van der Waals surface area contributed by atoms with Crippen molar-refractivity contribution in [1.82, 2.24) is 14.9 Å². The zero-order valence-corrected chi connectivity index (χ0v) is 14.3. The first kappa shape index (κ1) is 17.5. The molecule has 1 aromatic carbocycles. The number of amides is 1. The second-order valence-electron chi connectivity index (χ2n) is 6.13. The molecule has 0 bridgehead atoms. The van der Waals surface area contributed by atoms with Crippen LogP contribution in [-0.2, 0) is 9.53 Å². The number of benzene rings is 1. The lowest BCUT2D eigenvalue weighted by Gasteiger charge is -2.32. The van der Waals surface area contributed by atoms with E-state index in [2.05, 4.69) is 9.97 Å². The van der Waals surface area contributed by atoms with E-state index in [4.69, 9.17) is 4.74 Å². The van der Waals surface area contributed by atoms with Crippen LogP contribution in [0.3, 0.4) is 0 Å². The van der Waals surface area contributed by atoms with Gasteiger partial charge in [0.25, 0.3) is 0 Å². The first-order valence-electron chi connectivity index (χ1n) is 8.61. The number of likely N-dealkylation sites (tertiary alicyclic amines) is 1. The van der Waals surface area contributed by atoms with E-state index >= 15 is 0 Å². The van der Waals surface area contributed by atoms with Crippen LogP contribution in [0.4, 0.5) is 4.39 Å². The molecule has 0 radical (unpaired) electrons. The Balaban J connectivity index is 1.75. The fraction of sp³-hybridized carbons (Fsp3) is 0.421. The lowest BCUT2D eigenvalue weighted by Crippen LogP contribution is -2.41. The zero-order valence-electron chi connectivity index (χ0n) is 14.3. The van der Waals surface area contributed by atoms with Gasteiger partial charge in [-0.15, -0.1) is 0 Å². The molecule has 1 amide bonds. The number of rotatable bonds is 5. The summed E-state index contributed by atoms with van der Waals surface area (Å²) in [6, 6.07) is 8.15. The third-order valence-corrected chi connectivity index (χ3v) is 4.38.